The molecular weight excluding hydrogens is 220 g/mol. The number of ether oxygens (including phenoxy) is 3. The minimum atomic E-state index is -0.130. The summed E-state index contributed by atoms with van der Waals surface area (Å²) in [4.78, 5) is 2.23. The molecule has 5 heteroatoms. The summed E-state index contributed by atoms with van der Waals surface area (Å²) < 4.78 is 15.9. The van der Waals surface area contributed by atoms with Crippen molar-refractivity contribution in [2.75, 3.05) is 60.2 Å². The van der Waals surface area contributed by atoms with Crippen LogP contribution >= 0.6 is 0 Å². The van der Waals surface area contributed by atoms with Crippen LogP contribution in [0.25, 0.3) is 0 Å². The van der Waals surface area contributed by atoms with Gasteiger partial charge < -0.3 is 24.4 Å². The Balaban J connectivity index is 3.46. The van der Waals surface area contributed by atoms with Crippen LogP contribution in [0.4, 0.5) is 0 Å². The number of hydrogen-bond acceptors (Lipinski definition) is 5. The zero-order valence-electron chi connectivity index (χ0n) is 11.7. The molecule has 104 valence electrons. The van der Waals surface area contributed by atoms with Crippen LogP contribution in [-0.4, -0.2) is 71.3 Å². The Morgan fingerprint density at radius 2 is 1.76 bits per heavy atom. The second-order valence-corrected chi connectivity index (χ2v) is 3.84. The summed E-state index contributed by atoms with van der Waals surface area (Å²) in [5.41, 5.74) is 0. The van der Waals surface area contributed by atoms with Crippen molar-refractivity contribution in [3.63, 3.8) is 0 Å². The molecule has 0 aliphatic carbocycles. The van der Waals surface area contributed by atoms with Gasteiger partial charge in [-0.25, -0.2) is 0 Å². The third-order valence-corrected chi connectivity index (χ3v) is 2.36. The van der Waals surface area contributed by atoms with E-state index in [4.69, 9.17) is 14.2 Å². The SMILES string of the molecule is CCOC(CNCCN(C)CCOC)OCC. The van der Waals surface area contributed by atoms with Gasteiger partial charge in [0.05, 0.1) is 6.61 Å². The van der Waals surface area contributed by atoms with E-state index in [-0.39, 0.29) is 6.29 Å². The maximum Gasteiger partial charge on any atom is 0.169 e. The smallest absolute Gasteiger partial charge is 0.169 e. The van der Waals surface area contributed by atoms with E-state index >= 15 is 0 Å². The molecule has 1 N–H and O–H groups in total. The summed E-state index contributed by atoms with van der Waals surface area (Å²) in [6.07, 6.45) is -0.130. The molecule has 0 aliphatic heterocycles. The molecule has 0 aromatic carbocycles. The van der Waals surface area contributed by atoms with Crippen molar-refractivity contribution in [1.82, 2.24) is 10.2 Å². The van der Waals surface area contributed by atoms with Gasteiger partial charge in [-0.1, -0.05) is 0 Å². The van der Waals surface area contributed by atoms with Gasteiger partial charge in [-0.3, -0.25) is 0 Å². The quantitative estimate of drug-likeness (QED) is 0.404. The predicted octanol–water partition coefficient (Wildman–Crippen LogP) is 0.553. The number of nitrogens with zero attached hydrogens (tertiary/aromatic N) is 1. The first kappa shape index (κ1) is 16.8. The third kappa shape index (κ3) is 10.7. The maximum atomic E-state index is 5.44. The van der Waals surface area contributed by atoms with Crippen molar-refractivity contribution in [3.05, 3.63) is 0 Å². The average molecular weight is 248 g/mol. The number of methoxy groups -OCH3 is 1. The van der Waals surface area contributed by atoms with Gasteiger partial charge in [0.1, 0.15) is 0 Å². The molecule has 17 heavy (non-hydrogen) atoms. The Kier molecular flexibility index (Phi) is 12.1. The predicted molar refractivity (Wildman–Crippen MR) is 69.3 cm³/mol. The van der Waals surface area contributed by atoms with Crippen molar-refractivity contribution in [1.29, 1.82) is 0 Å². The van der Waals surface area contributed by atoms with Gasteiger partial charge in [-0.15, -0.1) is 0 Å². The topological polar surface area (TPSA) is 43.0 Å². The van der Waals surface area contributed by atoms with E-state index in [1.807, 2.05) is 13.8 Å². The van der Waals surface area contributed by atoms with E-state index in [1.165, 1.54) is 0 Å². The summed E-state index contributed by atoms with van der Waals surface area (Å²) in [6.45, 7) is 9.70. The van der Waals surface area contributed by atoms with E-state index in [1.54, 1.807) is 7.11 Å². The van der Waals surface area contributed by atoms with E-state index in [0.717, 1.165) is 32.8 Å². The van der Waals surface area contributed by atoms with Gasteiger partial charge in [-0.05, 0) is 20.9 Å². The fraction of sp³-hybridized carbons (Fsp3) is 1.00. The molecule has 0 aromatic heterocycles. The molecule has 0 spiro atoms. The molecule has 0 atom stereocenters. The van der Waals surface area contributed by atoms with E-state index in [9.17, 15) is 0 Å². The van der Waals surface area contributed by atoms with Gasteiger partial charge in [-0.2, -0.15) is 0 Å². The summed E-state index contributed by atoms with van der Waals surface area (Å²) in [5, 5.41) is 3.33. The molecule has 0 heterocycles. The van der Waals surface area contributed by atoms with Gasteiger partial charge in [0.15, 0.2) is 6.29 Å². The second-order valence-electron chi connectivity index (χ2n) is 3.84. The highest BCUT2D eigenvalue weighted by Gasteiger charge is 2.06. The lowest BCUT2D eigenvalue weighted by Gasteiger charge is -2.19. The lowest BCUT2D eigenvalue weighted by molar-refractivity contribution is -0.132. The lowest BCUT2D eigenvalue weighted by atomic mass is 10.5. The van der Waals surface area contributed by atoms with Gasteiger partial charge in [0, 0.05) is 46.5 Å². The van der Waals surface area contributed by atoms with Crippen LogP contribution in [-0.2, 0) is 14.2 Å². The zero-order chi connectivity index (χ0) is 12.9. The summed E-state index contributed by atoms with van der Waals surface area (Å²) in [7, 11) is 3.81. The van der Waals surface area contributed by atoms with Crippen LogP contribution in [0.15, 0.2) is 0 Å². The van der Waals surface area contributed by atoms with E-state index in [2.05, 4.69) is 17.3 Å². The van der Waals surface area contributed by atoms with Gasteiger partial charge in [0.25, 0.3) is 0 Å². The first-order chi connectivity index (χ1) is 8.24. The highest BCUT2D eigenvalue weighted by Crippen LogP contribution is 1.93. The normalized spacial score (nSPS) is 11.6. The minimum Gasteiger partial charge on any atom is -0.383 e. The Labute approximate surface area is 105 Å². The Bertz CT molecular complexity index is 153. The first-order valence-corrected chi connectivity index (χ1v) is 6.35. The van der Waals surface area contributed by atoms with Crippen LogP contribution < -0.4 is 5.32 Å². The maximum absolute atomic E-state index is 5.44. The monoisotopic (exact) mass is 248 g/mol. The summed E-state index contributed by atoms with van der Waals surface area (Å²) in [5.74, 6) is 0. The lowest BCUT2D eigenvalue weighted by Crippen LogP contribution is -2.36. The zero-order valence-corrected chi connectivity index (χ0v) is 11.7. The Morgan fingerprint density at radius 1 is 1.12 bits per heavy atom. The molecule has 0 saturated carbocycles. The van der Waals surface area contributed by atoms with Crippen molar-refractivity contribution in [3.8, 4) is 0 Å². The van der Waals surface area contributed by atoms with Crippen LogP contribution in [0.5, 0.6) is 0 Å². The highest BCUT2D eigenvalue weighted by molar-refractivity contribution is 4.56. The molecule has 0 rings (SSSR count). The number of nitrogens with one attached hydrogen (secondary N) is 1. The first-order valence-electron chi connectivity index (χ1n) is 6.35. The van der Waals surface area contributed by atoms with Crippen LogP contribution in [0.2, 0.25) is 0 Å². The van der Waals surface area contributed by atoms with Crippen LogP contribution in [0.3, 0.4) is 0 Å². The molecule has 5 nitrogen and oxygen atoms in total. The average Bonchev–Trinajstić information content (AvgIpc) is 2.32. The van der Waals surface area contributed by atoms with Crippen molar-refractivity contribution >= 4 is 0 Å². The highest BCUT2D eigenvalue weighted by atomic mass is 16.7. The number of likely N-dealkylation sites (N-methyl/N-ethyl adjacent to an activating group) is 1. The molecule has 0 saturated heterocycles. The van der Waals surface area contributed by atoms with Crippen molar-refractivity contribution < 1.29 is 14.2 Å². The number of rotatable bonds is 12. The van der Waals surface area contributed by atoms with E-state index in [0.29, 0.717) is 13.2 Å². The van der Waals surface area contributed by atoms with Crippen molar-refractivity contribution in [2.24, 2.45) is 0 Å². The standard InChI is InChI=1S/C12H28N2O3/c1-5-16-12(17-6-2)11-13-7-8-14(3)9-10-15-4/h12-13H,5-11H2,1-4H3. The van der Waals surface area contributed by atoms with Crippen LogP contribution in [0.1, 0.15) is 13.8 Å². The molecule has 0 bridgehead atoms. The molecular formula is C12H28N2O3. The Hall–Kier alpha value is -0.200. The molecule has 0 unspecified atom stereocenters. The molecule has 0 aliphatic rings. The van der Waals surface area contributed by atoms with Gasteiger partial charge in [0.2, 0.25) is 0 Å². The fourth-order valence-corrected chi connectivity index (χ4v) is 1.39. The van der Waals surface area contributed by atoms with Crippen molar-refractivity contribution in [2.45, 2.75) is 20.1 Å². The molecule has 0 fully saturated rings. The largest absolute Gasteiger partial charge is 0.383 e. The molecule has 0 aromatic rings. The van der Waals surface area contributed by atoms with E-state index < -0.39 is 0 Å². The second kappa shape index (κ2) is 12.3. The third-order valence-electron chi connectivity index (χ3n) is 2.36. The number of hydrogen-bond donors (Lipinski definition) is 1. The van der Waals surface area contributed by atoms with Gasteiger partial charge >= 0.3 is 0 Å². The molecule has 0 radical (unpaired) electrons. The Morgan fingerprint density at radius 3 is 2.29 bits per heavy atom. The van der Waals surface area contributed by atoms with Crippen LogP contribution in [0, 0.1) is 0 Å². The minimum absolute atomic E-state index is 0.130. The molecule has 0 amide bonds. The summed E-state index contributed by atoms with van der Waals surface area (Å²) in [6, 6.07) is 0. The summed E-state index contributed by atoms with van der Waals surface area (Å²) >= 11 is 0. The fourth-order valence-electron chi connectivity index (χ4n) is 1.39.